The molecule has 1 aliphatic rings. The molecule has 0 aromatic heterocycles. The maximum Gasteiger partial charge on any atom is 0.240 e. The molecule has 1 saturated heterocycles. The van der Waals surface area contributed by atoms with Gasteiger partial charge in [0.25, 0.3) is 0 Å². The highest BCUT2D eigenvalue weighted by atomic mass is 32.2. The number of hydrogen-bond acceptors (Lipinski definition) is 5. The maximum atomic E-state index is 12.0. The Hall–Kier alpha value is -1.12. The van der Waals surface area contributed by atoms with E-state index in [4.69, 9.17) is 5.73 Å². The Balaban J connectivity index is 2.03. The second-order valence-corrected chi connectivity index (χ2v) is 8.69. The fourth-order valence-corrected chi connectivity index (χ4v) is 5.06. The van der Waals surface area contributed by atoms with Gasteiger partial charge in [0.05, 0.1) is 16.4 Å². The standard InChI is InChI=1S/C11H16N2O4S2/c12-10-2-1-3-11(6-10)19(16,17)13-7-9-4-5-18(14,15)8-9/h1-3,6,9,13H,4-5,7-8,12H2. The van der Waals surface area contributed by atoms with Crippen LogP contribution >= 0.6 is 0 Å². The van der Waals surface area contributed by atoms with E-state index in [9.17, 15) is 16.8 Å². The molecule has 1 aromatic carbocycles. The first-order valence-electron chi connectivity index (χ1n) is 5.84. The van der Waals surface area contributed by atoms with Crippen LogP contribution in [0.4, 0.5) is 5.69 Å². The SMILES string of the molecule is Nc1cccc(S(=O)(=O)NCC2CCS(=O)(=O)C2)c1. The van der Waals surface area contributed by atoms with Crippen LogP contribution in [0.25, 0.3) is 0 Å². The highest BCUT2D eigenvalue weighted by molar-refractivity contribution is 7.91. The van der Waals surface area contributed by atoms with Gasteiger partial charge in [-0.25, -0.2) is 21.6 Å². The Morgan fingerprint density at radius 3 is 2.68 bits per heavy atom. The lowest BCUT2D eigenvalue weighted by atomic mass is 10.1. The highest BCUT2D eigenvalue weighted by Crippen LogP contribution is 2.19. The van der Waals surface area contributed by atoms with E-state index in [0.717, 1.165) is 0 Å². The predicted octanol–water partition coefficient (Wildman–Crippen LogP) is -0.0182. The fourth-order valence-electron chi connectivity index (χ4n) is 2.03. The predicted molar refractivity (Wildman–Crippen MR) is 72.8 cm³/mol. The third-order valence-electron chi connectivity index (χ3n) is 3.06. The topological polar surface area (TPSA) is 106 Å². The summed E-state index contributed by atoms with van der Waals surface area (Å²) in [5.41, 5.74) is 5.90. The summed E-state index contributed by atoms with van der Waals surface area (Å²) in [6.45, 7) is 0.135. The largest absolute Gasteiger partial charge is 0.399 e. The average Bonchev–Trinajstić information content (AvgIpc) is 2.67. The molecule has 1 unspecified atom stereocenters. The van der Waals surface area contributed by atoms with Crippen molar-refractivity contribution in [2.24, 2.45) is 5.92 Å². The van der Waals surface area contributed by atoms with Gasteiger partial charge in [-0.2, -0.15) is 0 Å². The van der Waals surface area contributed by atoms with Gasteiger partial charge in [0, 0.05) is 12.2 Å². The average molecular weight is 304 g/mol. The lowest BCUT2D eigenvalue weighted by molar-refractivity contribution is 0.543. The van der Waals surface area contributed by atoms with E-state index in [1.54, 1.807) is 12.1 Å². The first-order valence-corrected chi connectivity index (χ1v) is 9.15. The molecule has 1 fully saturated rings. The van der Waals surface area contributed by atoms with Crippen LogP contribution in [0.3, 0.4) is 0 Å². The smallest absolute Gasteiger partial charge is 0.240 e. The minimum Gasteiger partial charge on any atom is -0.399 e. The van der Waals surface area contributed by atoms with Crippen LogP contribution < -0.4 is 10.5 Å². The third-order valence-corrected chi connectivity index (χ3v) is 6.32. The van der Waals surface area contributed by atoms with Gasteiger partial charge in [-0.15, -0.1) is 0 Å². The van der Waals surface area contributed by atoms with Crippen LogP contribution in [0.1, 0.15) is 6.42 Å². The Labute approximate surface area is 113 Å². The summed E-state index contributed by atoms with van der Waals surface area (Å²) in [7, 11) is -6.62. The van der Waals surface area contributed by atoms with Gasteiger partial charge in [-0.05, 0) is 30.5 Å². The molecule has 0 aliphatic carbocycles. The summed E-state index contributed by atoms with van der Waals surface area (Å²) < 4.78 is 49.0. The number of anilines is 1. The molecule has 0 amide bonds. The number of nitrogens with one attached hydrogen (secondary N) is 1. The molecule has 0 saturated carbocycles. The summed E-state index contributed by atoms with van der Waals surface area (Å²) in [5, 5.41) is 0. The summed E-state index contributed by atoms with van der Waals surface area (Å²) in [6.07, 6.45) is 0.502. The van der Waals surface area contributed by atoms with Crippen molar-refractivity contribution >= 4 is 25.5 Å². The van der Waals surface area contributed by atoms with Gasteiger partial charge >= 0.3 is 0 Å². The molecule has 2 rings (SSSR count). The first-order chi connectivity index (χ1) is 8.78. The van der Waals surface area contributed by atoms with Gasteiger partial charge in [0.1, 0.15) is 0 Å². The van der Waals surface area contributed by atoms with E-state index < -0.39 is 19.9 Å². The van der Waals surface area contributed by atoms with E-state index in [-0.39, 0.29) is 28.9 Å². The molecule has 1 aliphatic heterocycles. The summed E-state index contributed by atoms with van der Waals surface area (Å²) >= 11 is 0. The zero-order chi connectivity index (χ0) is 14.1. The first kappa shape index (κ1) is 14.3. The molecule has 1 aromatic rings. The number of rotatable bonds is 4. The van der Waals surface area contributed by atoms with Crippen LogP contribution in [0.5, 0.6) is 0 Å². The zero-order valence-electron chi connectivity index (χ0n) is 10.2. The molecule has 106 valence electrons. The van der Waals surface area contributed by atoms with Crippen molar-refractivity contribution in [3.8, 4) is 0 Å². The van der Waals surface area contributed by atoms with Gasteiger partial charge < -0.3 is 5.73 Å². The lowest BCUT2D eigenvalue weighted by Gasteiger charge is -2.10. The van der Waals surface area contributed by atoms with E-state index in [1.165, 1.54) is 12.1 Å². The molecular formula is C11H16N2O4S2. The van der Waals surface area contributed by atoms with Crippen molar-refractivity contribution in [1.82, 2.24) is 4.72 Å². The Kier molecular flexibility index (Phi) is 3.84. The van der Waals surface area contributed by atoms with Crippen LogP contribution in [-0.4, -0.2) is 34.9 Å². The zero-order valence-corrected chi connectivity index (χ0v) is 11.9. The van der Waals surface area contributed by atoms with Gasteiger partial charge in [-0.1, -0.05) is 6.07 Å². The minimum absolute atomic E-state index is 0.0481. The molecule has 19 heavy (non-hydrogen) atoms. The van der Waals surface area contributed by atoms with Crippen molar-refractivity contribution in [1.29, 1.82) is 0 Å². The van der Waals surface area contributed by atoms with Crippen LogP contribution in [0.15, 0.2) is 29.2 Å². The van der Waals surface area contributed by atoms with Gasteiger partial charge in [-0.3, -0.25) is 0 Å². The minimum atomic E-state index is -3.63. The molecule has 0 radical (unpaired) electrons. The van der Waals surface area contributed by atoms with Crippen LogP contribution in [0, 0.1) is 5.92 Å². The van der Waals surface area contributed by atoms with Crippen molar-refractivity contribution in [2.45, 2.75) is 11.3 Å². The monoisotopic (exact) mass is 304 g/mol. The van der Waals surface area contributed by atoms with Crippen molar-refractivity contribution in [3.05, 3.63) is 24.3 Å². The molecular weight excluding hydrogens is 288 g/mol. The summed E-state index contributed by atoms with van der Waals surface area (Å²) in [5.74, 6) is 0.0326. The van der Waals surface area contributed by atoms with Gasteiger partial charge in [0.15, 0.2) is 9.84 Å². The normalized spacial score (nSPS) is 22.4. The second kappa shape index (κ2) is 5.10. The van der Waals surface area contributed by atoms with Crippen molar-refractivity contribution in [2.75, 3.05) is 23.8 Å². The number of benzene rings is 1. The number of nitrogens with two attached hydrogens (primary N) is 1. The summed E-state index contributed by atoms with van der Waals surface area (Å²) in [6, 6.07) is 5.98. The summed E-state index contributed by atoms with van der Waals surface area (Å²) in [4.78, 5) is 0.0911. The Morgan fingerprint density at radius 1 is 1.37 bits per heavy atom. The second-order valence-electron chi connectivity index (χ2n) is 4.69. The molecule has 3 N–H and O–H groups in total. The Bertz CT molecular complexity index is 668. The fraction of sp³-hybridized carbons (Fsp3) is 0.455. The molecule has 1 atom stereocenters. The third kappa shape index (κ3) is 3.68. The van der Waals surface area contributed by atoms with Gasteiger partial charge in [0.2, 0.25) is 10.0 Å². The van der Waals surface area contributed by atoms with Crippen molar-refractivity contribution in [3.63, 3.8) is 0 Å². The number of sulfonamides is 1. The van der Waals surface area contributed by atoms with E-state index >= 15 is 0 Å². The quantitative estimate of drug-likeness (QED) is 0.760. The van der Waals surface area contributed by atoms with Crippen LogP contribution in [0.2, 0.25) is 0 Å². The molecule has 6 nitrogen and oxygen atoms in total. The number of hydrogen-bond donors (Lipinski definition) is 2. The van der Waals surface area contributed by atoms with Crippen LogP contribution in [-0.2, 0) is 19.9 Å². The lowest BCUT2D eigenvalue weighted by Crippen LogP contribution is -2.30. The van der Waals surface area contributed by atoms with E-state index in [1.807, 2.05) is 0 Å². The maximum absolute atomic E-state index is 12.0. The molecule has 1 heterocycles. The molecule has 0 spiro atoms. The van der Waals surface area contributed by atoms with E-state index in [0.29, 0.717) is 12.1 Å². The Morgan fingerprint density at radius 2 is 2.11 bits per heavy atom. The molecule has 8 heteroatoms. The highest BCUT2D eigenvalue weighted by Gasteiger charge is 2.28. The van der Waals surface area contributed by atoms with Crippen molar-refractivity contribution < 1.29 is 16.8 Å². The number of sulfone groups is 1. The number of nitrogen functional groups attached to an aromatic ring is 1. The molecule has 0 bridgehead atoms. The van der Waals surface area contributed by atoms with E-state index in [2.05, 4.69) is 4.72 Å².